The highest BCUT2D eigenvalue weighted by Crippen LogP contribution is 2.17. The molecule has 1 heterocycles. The van der Waals surface area contributed by atoms with E-state index in [0.717, 1.165) is 18.7 Å². The zero-order valence-electron chi connectivity index (χ0n) is 15.1. The lowest BCUT2D eigenvalue weighted by atomic mass is 10.1. The monoisotopic (exact) mass is 328 g/mol. The maximum atomic E-state index is 12.0. The highest BCUT2D eigenvalue weighted by Gasteiger charge is 2.16. The standard InChI is InChI=1S/C20H28N2O2/c1-5-12-21-20(23)19-11-10-18(24-19)14-22(15(2)3)13-17-9-7-6-8-16(17)4/h6-11,15H,5,12-14H2,1-4H3,(H,21,23). The average molecular weight is 328 g/mol. The first-order valence-corrected chi connectivity index (χ1v) is 8.66. The van der Waals surface area contributed by atoms with Crippen LogP contribution in [0.15, 0.2) is 40.8 Å². The lowest BCUT2D eigenvalue weighted by Crippen LogP contribution is -2.30. The molecule has 1 amide bonds. The maximum Gasteiger partial charge on any atom is 0.286 e. The quantitative estimate of drug-likeness (QED) is 0.792. The van der Waals surface area contributed by atoms with Crippen LogP contribution >= 0.6 is 0 Å². The summed E-state index contributed by atoms with van der Waals surface area (Å²) in [4.78, 5) is 14.3. The van der Waals surface area contributed by atoms with Gasteiger partial charge in [0.15, 0.2) is 5.76 Å². The molecular weight excluding hydrogens is 300 g/mol. The Morgan fingerprint density at radius 1 is 1.17 bits per heavy atom. The number of aryl methyl sites for hydroxylation is 1. The molecule has 2 aromatic rings. The molecule has 0 aliphatic carbocycles. The predicted octanol–water partition coefficient (Wildman–Crippen LogP) is 4.14. The Labute approximate surface area is 144 Å². The van der Waals surface area contributed by atoms with Gasteiger partial charge < -0.3 is 9.73 Å². The Kier molecular flexibility index (Phi) is 6.62. The fourth-order valence-electron chi connectivity index (χ4n) is 2.54. The van der Waals surface area contributed by atoms with E-state index in [1.54, 1.807) is 6.07 Å². The van der Waals surface area contributed by atoms with Crippen molar-refractivity contribution in [3.8, 4) is 0 Å². The van der Waals surface area contributed by atoms with Gasteiger partial charge in [0.05, 0.1) is 6.54 Å². The molecule has 2 rings (SSSR count). The van der Waals surface area contributed by atoms with Gasteiger partial charge >= 0.3 is 0 Å². The lowest BCUT2D eigenvalue weighted by molar-refractivity contribution is 0.0920. The molecule has 130 valence electrons. The fourth-order valence-corrected chi connectivity index (χ4v) is 2.54. The minimum Gasteiger partial charge on any atom is -0.455 e. The Morgan fingerprint density at radius 2 is 1.92 bits per heavy atom. The lowest BCUT2D eigenvalue weighted by Gasteiger charge is -2.26. The highest BCUT2D eigenvalue weighted by atomic mass is 16.4. The summed E-state index contributed by atoms with van der Waals surface area (Å²) in [5, 5.41) is 2.84. The van der Waals surface area contributed by atoms with Gasteiger partial charge in [0.2, 0.25) is 0 Å². The molecule has 0 fully saturated rings. The van der Waals surface area contributed by atoms with Crippen molar-refractivity contribution < 1.29 is 9.21 Å². The van der Waals surface area contributed by atoms with Crippen molar-refractivity contribution in [3.05, 3.63) is 59.0 Å². The minimum atomic E-state index is -0.141. The zero-order valence-corrected chi connectivity index (χ0v) is 15.1. The molecule has 24 heavy (non-hydrogen) atoms. The van der Waals surface area contributed by atoms with Gasteiger partial charge in [0.25, 0.3) is 5.91 Å². The first-order valence-electron chi connectivity index (χ1n) is 8.66. The van der Waals surface area contributed by atoms with Gasteiger partial charge in [-0.15, -0.1) is 0 Å². The average Bonchev–Trinajstić information content (AvgIpc) is 3.02. The normalized spacial score (nSPS) is 11.2. The van der Waals surface area contributed by atoms with E-state index in [4.69, 9.17) is 4.42 Å². The number of nitrogens with one attached hydrogen (secondary N) is 1. The summed E-state index contributed by atoms with van der Waals surface area (Å²) in [6.45, 7) is 10.7. The molecule has 1 aromatic heterocycles. The topological polar surface area (TPSA) is 45.5 Å². The van der Waals surface area contributed by atoms with E-state index < -0.39 is 0 Å². The summed E-state index contributed by atoms with van der Waals surface area (Å²) in [7, 11) is 0. The van der Waals surface area contributed by atoms with Gasteiger partial charge in [-0.2, -0.15) is 0 Å². The second-order valence-corrected chi connectivity index (χ2v) is 6.45. The number of carbonyl (C=O) groups is 1. The predicted molar refractivity (Wildman–Crippen MR) is 96.9 cm³/mol. The number of carbonyl (C=O) groups excluding carboxylic acids is 1. The van der Waals surface area contributed by atoms with Gasteiger partial charge in [-0.25, -0.2) is 0 Å². The largest absolute Gasteiger partial charge is 0.455 e. The van der Waals surface area contributed by atoms with Crippen molar-refractivity contribution in [2.75, 3.05) is 6.54 Å². The van der Waals surface area contributed by atoms with E-state index >= 15 is 0 Å². The SMILES string of the molecule is CCCNC(=O)c1ccc(CN(Cc2ccccc2C)C(C)C)o1. The Morgan fingerprint density at radius 3 is 2.58 bits per heavy atom. The number of amides is 1. The molecule has 0 unspecified atom stereocenters. The second-order valence-electron chi connectivity index (χ2n) is 6.45. The van der Waals surface area contributed by atoms with Gasteiger partial charge in [0, 0.05) is 19.1 Å². The van der Waals surface area contributed by atoms with Crippen molar-refractivity contribution in [1.29, 1.82) is 0 Å². The fraction of sp³-hybridized carbons (Fsp3) is 0.450. The van der Waals surface area contributed by atoms with Crippen LogP contribution in [0.5, 0.6) is 0 Å². The molecule has 0 atom stereocenters. The third kappa shape index (κ3) is 4.96. The number of furan rings is 1. The summed E-state index contributed by atoms with van der Waals surface area (Å²) in [5.74, 6) is 1.06. The maximum absolute atomic E-state index is 12.0. The summed E-state index contributed by atoms with van der Waals surface area (Å²) in [6.07, 6.45) is 0.914. The van der Waals surface area contributed by atoms with Crippen LogP contribution in [0.1, 0.15) is 54.6 Å². The molecule has 0 saturated heterocycles. The minimum absolute atomic E-state index is 0.141. The van der Waals surface area contributed by atoms with Gasteiger partial charge in [-0.05, 0) is 50.5 Å². The first-order chi connectivity index (χ1) is 11.5. The molecule has 1 aromatic carbocycles. The van der Waals surface area contributed by atoms with Crippen molar-refractivity contribution >= 4 is 5.91 Å². The third-order valence-corrected chi connectivity index (χ3v) is 4.14. The summed E-state index contributed by atoms with van der Waals surface area (Å²) < 4.78 is 5.74. The number of nitrogens with zero attached hydrogens (tertiary/aromatic N) is 1. The van der Waals surface area contributed by atoms with E-state index in [-0.39, 0.29) is 5.91 Å². The summed E-state index contributed by atoms with van der Waals surface area (Å²) in [6, 6.07) is 12.5. The number of hydrogen-bond donors (Lipinski definition) is 1. The third-order valence-electron chi connectivity index (χ3n) is 4.14. The summed E-state index contributed by atoms with van der Waals surface area (Å²) >= 11 is 0. The zero-order chi connectivity index (χ0) is 17.5. The molecule has 4 nitrogen and oxygen atoms in total. The molecular formula is C20H28N2O2. The van der Waals surface area contributed by atoms with Crippen molar-refractivity contribution in [2.24, 2.45) is 0 Å². The van der Waals surface area contributed by atoms with Crippen LogP contribution in [0.4, 0.5) is 0 Å². The van der Waals surface area contributed by atoms with Crippen LogP contribution in [0.25, 0.3) is 0 Å². The molecule has 1 N–H and O–H groups in total. The number of rotatable bonds is 8. The van der Waals surface area contributed by atoms with Crippen molar-refractivity contribution in [1.82, 2.24) is 10.2 Å². The van der Waals surface area contributed by atoms with Crippen LogP contribution in [-0.4, -0.2) is 23.4 Å². The van der Waals surface area contributed by atoms with Crippen LogP contribution in [0.2, 0.25) is 0 Å². The summed E-state index contributed by atoms with van der Waals surface area (Å²) in [5.41, 5.74) is 2.61. The molecule has 0 aliphatic rings. The van der Waals surface area contributed by atoms with Gasteiger partial charge in [0.1, 0.15) is 5.76 Å². The van der Waals surface area contributed by atoms with E-state index in [1.165, 1.54) is 11.1 Å². The second kappa shape index (κ2) is 8.69. The van der Waals surface area contributed by atoms with Crippen LogP contribution < -0.4 is 5.32 Å². The van der Waals surface area contributed by atoms with Crippen LogP contribution in [0, 0.1) is 6.92 Å². The van der Waals surface area contributed by atoms with E-state index in [9.17, 15) is 4.79 Å². The van der Waals surface area contributed by atoms with Gasteiger partial charge in [-0.1, -0.05) is 31.2 Å². The molecule has 0 radical (unpaired) electrons. The van der Waals surface area contributed by atoms with Crippen LogP contribution in [0.3, 0.4) is 0 Å². The van der Waals surface area contributed by atoms with E-state index in [0.29, 0.717) is 24.9 Å². The van der Waals surface area contributed by atoms with E-state index in [1.807, 2.05) is 13.0 Å². The molecule has 0 saturated carbocycles. The van der Waals surface area contributed by atoms with E-state index in [2.05, 4.69) is 55.3 Å². The Hall–Kier alpha value is -2.07. The van der Waals surface area contributed by atoms with Crippen molar-refractivity contribution in [3.63, 3.8) is 0 Å². The number of hydrogen-bond acceptors (Lipinski definition) is 3. The molecule has 0 bridgehead atoms. The number of benzene rings is 1. The smallest absolute Gasteiger partial charge is 0.286 e. The first kappa shape index (κ1) is 18.3. The van der Waals surface area contributed by atoms with Crippen LogP contribution in [-0.2, 0) is 13.1 Å². The molecule has 0 aliphatic heterocycles. The van der Waals surface area contributed by atoms with Crippen molar-refractivity contribution in [2.45, 2.75) is 53.2 Å². The Balaban J connectivity index is 2.05. The molecule has 4 heteroatoms. The Bertz CT molecular complexity index is 661. The molecule has 0 spiro atoms. The highest BCUT2D eigenvalue weighted by molar-refractivity contribution is 5.91. The van der Waals surface area contributed by atoms with Gasteiger partial charge in [-0.3, -0.25) is 9.69 Å².